The molecule has 0 aliphatic carbocycles. The van der Waals surface area contributed by atoms with Crippen molar-refractivity contribution in [2.75, 3.05) is 0 Å². The van der Waals surface area contributed by atoms with Gasteiger partial charge in [0.15, 0.2) is 0 Å². The second-order valence-electron chi connectivity index (χ2n) is 2.14. The van der Waals surface area contributed by atoms with E-state index in [9.17, 15) is 0 Å². The quantitative estimate of drug-likeness (QED) is 0.625. The third kappa shape index (κ3) is 2.07. The Hall–Kier alpha value is -1.02. The van der Waals surface area contributed by atoms with Gasteiger partial charge < -0.3 is 4.74 Å². The van der Waals surface area contributed by atoms with Gasteiger partial charge in [0.2, 0.25) is 0 Å². The monoisotopic (exact) mass is 137 g/mol. The summed E-state index contributed by atoms with van der Waals surface area (Å²) in [6, 6.07) is 9.52. The van der Waals surface area contributed by atoms with Crippen molar-refractivity contribution in [1.82, 2.24) is 0 Å². The molecule has 0 radical (unpaired) electrons. The van der Waals surface area contributed by atoms with E-state index in [1.54, 1.807) is 6.92 Å². The third-order valence-corrected chi connectivity index (χ3v) is 1.07. The molecule has 1 aromatic carbocycles. The van der Waals surface area contributed by atoms with Crippen molar-refractivity contribution in [3.8, 4) is 5.75 Å². The number of hydrogen-bond acceptors (Lipinski definition) is 2. The minimum atomic E-state index is -0.234. The van der Waals surface area contributed by atoms with E-state index >= 15 is 0 Å². The Morgan fingerprint density at radius 3 is 2.40 bits per heavy atom. The highest BCUT2D eigenvalue weighted by molar-refractivity contribution is 5.20. The Morgan fingerprint density at radius 1 is 1.30 bits per heavy atom. The lowest BCUT2D eigenvalue weighted by atomic mass is 10.3. The first-order valence-corrected chi connectivity index (χ1v) is 3.26. The summed E-state index contributed by atoms with van der Waals surface area (Å²) in [4.78, 5) is 0. The summed E-state index contributed by atoms with van der Waals surface area (Å²) in [7, 11) is 0. The van der Waals surface area contributed by atoms with Gasteiger partial charge in [0.25, 0.3) is 0 Å². The van der Waals surface area contributed by atoms with E-state index in [0.717, 1.165) is 5.75 Å². The molecule has 2 heteroatoms. The van der Waals surface area contributed by atoms with Crippen LogP contribution in [0.15, 0.2) is 30.3 Å². The molecule has 0 heterocycles. The summed E-state index contributed by atoms with van der Waals surface area (Å²) in [6.45, 7) is 1.80. The maximum atomic E-state index is 5.40. The molecule has 0 bridgehead atoms. The number of para-hydroxylation sites is 1. The summed E-state index contributed by atoms with van der Waals surface area (Å²) in [5.41, 5.74) is 5.40. The zero-order valence-electron chi connectivity index (χ0n) is 5.95. The Balaban J connectivity index is 2.59. The van der Waals surface area contributed by atoms with Crippen LogP contribution in [0.5, 0.6) is 5.75 Å². The van der Waals surface area contributed by atoms with Gasteiger partial charge in [-0.3, -0.25) is 5.73 Å². The molecule has 0 fully saturated rings. The van der Waals surface area contributed by atoms with E-state index in [0.29, 0.717) is 0 Å². The van der Waals surface area contributed by atoms with Crippen LogP contribution < -0.4 is 10.5 Å². The molecule has 0 spiro atoms. The Labute approximate surface area is 60.6 Å². The maximum Gasteiger partial charge on any atom is 0.144 e. The molecule has 1 aromatic rings. The topological polar surface area (TPSA) is 35.2 Å². The predicted molar refractivity (Wildman–Crippen MR) is 40.7 cm³/mol. The SMILES string of the molecule is CC(N)Oc1ccccc1. The second-order valence-corrected chi connectivity index (χ2v) is 2.14. The van der Waals surface area contributed by atoms with Crippen LogP contribution in [0.2, 0.25) is 0 Å². The molecule has 0 aliphatic rings. The largest absolute Gasteiger partial charge is 0.476 e. The Morgan fingerprint density at radius 2 is 1.90 bits per heavy atom. The molecule has 0 saturated carbocycles. The van der Waals surface area contributed by atoms with Crippen molar-refractivity contribution in [3.63, 3.8) is 0 Å². The molecule has 1 unspecified atom stereocenters. The van der Waals surface area contributed by atoms with Gasteiger partial charge in [-0.15, -0.1) is 0 Å². The van der Waals surface area contributed by atoms with E-state index < -0.39 is 0 Å². The fourth-order valence-electron chi connectivity index (χ4n) is 0.714. The van der Waals surface area contributed by atoms with Gasteiger partial charge in [-0.2, -0.15) is 0 Å². The average molecular weight is 137 g/mol. The van der Waals surface area contributed by atoms with Crippen LogP contribution >= 0.6 is 0 Å². The lowest BCUT2D eigenvalue weighted by molar-refractivity contribution is 0.230. The van der Waals surface area contributed by atoms with Gasteiger partial charge in [0.05, 0.1) is 0 Å². The van der Waals surface area contributed by atoms with Crippen molar-refractivity contribution in [3.05, 3.63) is 30.3 Å². The molecule has 0 aliphatic heterocycles. The third-order valence-electron chi connectivity index (χ3n) is 1.07. The lowest BCUT2D eigenvalue weighted by Crippen LogP contribution is -2.22. The van der Waals surface area contributed by atoms with Crippen LogP contribution in [-0.4, -0.2) is 6.23 Å². The fraction of sp³-hybridized carbons (Fsp3) is 0.250. The van der Waals surface area contributed by atoms with E-state index in [2.05, 4.69) is 0 Å². The standard InChI is InChI=1S/C8H11NO/c1-7(9)10-8-5-3-2-4-6-8/h2-7H,9H2,1H3. The zero-order valence-corrected chi connectivity index (χ0v) is 5.95. The van der Waals surface area contributed by atoms with Crippen LogP contribution in [0.4, 0.5) is 0 Å². The van der Waals surface area contributed by atoms with Crippen molar-refractivity contribution in [2.45, 2.75) is 13.2 Å². The number of nitrogens with two attached hydrogens (primary N) is 1. The highest BCUT2D eigenvalue weighted by Crippen LogP contribution is 2.08. The normalized spacial score (nSPS) is 12.6. The highest BCUT2D eigenvalue weighted by atomic mass is 16.5. The molecular formula is C8H11NO. The Kier molecular flexibility index (Phi) is 2.29. The lowest BCUT2D eigenvalue weighted by Gasteiger charge is -2.07. The van der Waals surface area contributed by atoms with E-state index in [-0.39, 0.29) is 6.23 Å². The predicted octanol–water partition coefficient (Wildman–Crippen LogP) is 1.37. The second kappa shape index (κ2) is 3.22. The minimum Gasteiger partial charge on any atom is -0.476 e. The van der Waals surface area contributed by atoms with Crippen molar-refractivity contribution >= 4 is 0 Å². The molecule has 2 N–H and O–H groups in total. The molecule has 0 aromatic heterocycles. The number of benzene rings is 1. The van der Waals surface area contributed by atoms with Gasteiger partial charge in [-0.05, 0) is 19.1 Å². The average Bonchev–Trinajstić information content (AvgIpc) is 1.88. The van der Waals surface area contributed by atoms with Crippen LogP contribution in [0, 0.1) is 0 Å². The molecule has 1 rings (SSSR count). The van der Waals surface area contributed by atoms with E-state index in [4.69, 9.17) is 10.5 Å². The van der Waals surface area contributed by atoms with Gasteiger partial charge in [0, 0.05) is 0 Å². The maximum absolute atomic E-state index is 5.40. The highest BCUT2D eigenvalue weighted by Gasteiger charge is 1.92. The first-order chi connectivity index (χ1) is 4.79. The summed E-state index contributed by atoms with van der Waals surface area (Å²) >= 11 is 0. The molecule has 1 atom stereocenters. The molecule has 10 heavy (non-hydrogen) atoms. The van der Waals surface area contributed by atoms with Crippen LogP contribution in [0.1, 0.15) is 6.92 Å². The van der Waals surface area contributed by atoms with Gasteiger partial charge in [0.1, 0.15) is 12.0 Å². The van der Waals surface area contributed by atoms with E-state index in [1.165, 1.54) is 0 Å². The molecule has 2 nitrogen and oxygen atoms in total. The Bertz CT molecular complexity index is 184. The smallest absolute Gasteiger partial charge is 0.144 e. The number of ether oxygens (including phenoxy) is 1. The van der Waals surface area contributed by atoms with Crippen LogP contribution in [0.25, 0.3) is 0 Å². The van der Waals surface area contributed by atoms with E-state index in [1.807, 2.05) is 30.3 Å². The van der Waals surface area contributed by atoms with Gasteiger partial charge in [-0.1, -0.05) is 18.2 Å². The van der Waals surface area contributed by atoms with Crippen molar-refractivity contribution in [2.24, 2.45) is 5.73 Å². The minimum absolute atomic E-state index is 0.234. The summed E-state index contributed by atoms with van der Waals surface area (Å²) < 4.78 is 5.19. The number of hydrogen-bond donors (Lipinski definition) is 1. The summed E-state index contributed by atoms with van der Waals surface area (Å²) in [6.07, 6.45) is -0.234. The van der Waals surface area contributed by atoms with Crippen molar-refractivity contribution < 1.29 is 4.74 Å². The molecule has 0 saturated heterocycles. The fourth-order valence-corrected chi connectivity index (χ4v) is 0.714. The summed E-state index contributed by atoms with van der Waals surface area (Å²) in [5.74, 6) is 0.817. The molecule has 0 amide bonds. The van der Waals surface area contributed by atoms with Gasteiger partial charge in [-0.25, -0.2) is 0 Å². The number of rotatable bonds is 2. The van der Waals surface area contributed by atoms with Crippen LogP contribution in [-0.2, 0) is 0 Å². The first kappa shape index (κ1) is 7.09. The molecule has 54 valence electrons. The van der Waals surface area contributed by atoms with Gasteiger partial charge >= 0.3 is 0 Å². The zero-order chi connectivity index (χ0) is 7.40. The van der Waals surface area contributed by atoms with Crippen LogP contribution in [0.3, 0.4) is 0 Å². The molecular weight excluding hydrogens is 126 g/mol. The summed E-state index contributed by atoms with van der Waals surface area (Å²) in [5, 5.41) is 0. The first-order valence-electron chi connectivity index (χ1n) is 3.26. The van der Waals surface area contributed by atoms with Crippen molar-refractivity contribution in [1.29, 1.82) is 0 Å².